The smallest absolute Gasteiger partial charge is 0.123 e. The van der Waals surface area contributed by atoms with E-state index in [1.54, 1.807) is 12.1 Å². The molecule has 1 aromatic carbocycles. The van der Waals surface area contributed by atoms with Crippen LogP contribution in [0.15, 0.2) is 36.5 Å². The highest BCUT2D eigenvalue weighted by Crippen LogP contribution is 2.22. The van der Waals surface area contributed by atoms with E-state index in [9.17, 15) is 4.39 Å². The fraction of sp³-hybridized carbons (Fsp3) is 0.0909. The molecule has 0 bridgehead atoms. The molecule has 1 heterocycles. The van der Waals surface area contributed by atoms with Crippen molar-refractivity contribution in [1.82, 2.24) is 4.98 Å². The topological polar surface area (TPSA) is 15.8 Å². The summed E-state index contributed by atoms with van der Waals surface area (Å²) in [5.74, 6) is -0.197. The van der Waals surface area contributed by atoms with Gasteiger partial charge in [0.1, 0.15) is 5.82 Å². The van der Waals surface area contributed by atoms with Crippen LogP contribution in [0, 0.1) is 12.7 Å². The second-order valence-electron chi connectivity index (χ2n) is 3.02. The van der Waals surface area contributed by atoms with Gasteiger partial charge in [0.2, 0.25) is 0 Å². The standard InChI is InChI=1S/C11H10FN/c1-8-11(6-7-13-8)9-2-4-10(12)5-3-9/h2-7,13H,1H3. The zero-order valence-corrected chi connectivity index (χ0v) is 7.34. The molecule has 0 spiro atoms. The Morgan fingerprint density at radius 3 is 2.31 bits per heavy atom. The van der Waals surface area contributed by atoms with Gasteiger partial charge in [0, 0.05) is 17.5 Å². The molecule has 0 aliphatic heterocycles. The predicted molar refractivity (Wildman–Crippen MR) is 50.9 cm³/mol. The third-order valence-electron chi connectivity index (χ3n) is 2.11. The van der Waals surface area contributed by atoms with Crippen LogP contribution in [-0.2, 0) is 0 Å². The average molecular weight is 175 g/mol. The maximum absolute atomic E-state index is 12.6. The fourth-order valence-electron chi connectivity index (χ4n) is 1.39. The van der Waals surface area contributed by atoms with Crippen LogP contribution in [0.1, 0.15) is 5.69 Å². The molecule has 0 atom stereocenters. The number of hydrogen-bond acceptors (Lipinski definition) is 0. The summed E-state index contributed by atoms with van der Waals surface area (Å²) in [6.07, 6.45) is 1.88. The number of nitrogens with one attached hydrogen (secondary N) is 1. The molecule has 2 rings (SSSR count). The summed E-state index contributed by atoms with van der Waals surface area (Å²) in [5, 5.41) is 0. The van der Waals surface area contributed by atoms with E-state index < -0.39 is 0 Å². The molecule has 2 heteroatoms. The van der Waals surface area contributed by atoms with Crippen LogP contribution in [0.3, 0.4) is 0 Å². The molecular formula is C11H10FN. The first-order chi connectivity index (χ1) is 6.27. The van der Waals surface area contributed by atoms with Crippen LogP contribution in [0.5, 0.6) is 0 Å². The van der Waals surface area contributed by atoms with Gasteiger partial charge < -0.3 is 4.98 Å². The van der Waals surface area contributed by atoms with Gasteiger partial charge in [-0.15, -0.1) is 0 Å². The van der Waals surface area contributed by atoms with Crippen LogP contribution in [0.4, 0.5) is 4.39 Å². The van der Waals surface area contributed by atoms with Crippen LogP contribution < -0.4 is 0 Å². The number of H-pyrrole nitrogens is 1. The van der Waals surface area contributed by atoms with Gasteiger partial charge in [-0.2, -0.15) is 0 Å². The Morgan fingerprint density at radius 1 is 1.08 bits per heavy atom. The van der Waals surface area contributed by atoms with Crippen molar-refractivity contribution in [1.29, 1.82) is 0 Å². The Morgan fingerprint density at radius 2 is 1.77 bits per heavy atom. The maximum atomic E-state index is 12.6. The third-order valence-corrected chi connectivity index (χ3v) is 2.11. The Balaban J connectivity index is 2.47. The largest absolute Gasteiger partial charge is 0.365 e. The minimum atomic E-state index is -0.197. The first-order valence-electron chi connectivity index (χ1n) is 4.17. The summed E-state index contributed by atoms with van der Waals surface area (Å²) in [6.45, 7) is 2.00. The lowest BCUT2D eigenvalue weighted by Gasteiger charge is -1.99. The second-order valence-corrected chi connectivity index (χ2v) is 3.02. The zero-order valence-electron chi connectivity index (χ0n) is 7.34. The molecule has 0 unspecified atom stereocenters. The molecule has 1 aromatic heterocycles. The highest BCUT2D eigenvalue weighted by molar-refractivity contribution is 5.65. The number of aromatic amines is 1. The average Bonchev–Trinajstić information content (AvgIpc) is 2.53. The van der Waals surface area contributed by atoms with Gasteiger partial charge >= 0.3 is 0 Å². The highest BCUT2D eigenvalue weighted by atomic mass is 19.1. The molecule has 2 aromatic rings. The van der Waals surface area contributed by atoms with Crippen molar-refractivity contribution in [2.24, 2.45) is 0 Å². The lowest BCUT2D eigenvalue weighted by Crippen LogP contribution is -1.79. The number of halogens is 1. The molecule has 0 aliphatic carbocycles. The molecule has 0 saturated heterocycles. The Bertz CT molecular complexity index is 400. The van der Waals surface area contributed by atoms with E-state index in [0.717, 1.165) is 16.8 Å². The Hall–Kier alpha value is -1.57. The van der Waals surface area contributed by atoms with Crippen LogP contribution in [-0.4, -0.2) is 4.98 Å². The van der Waals surface area contributed by atoms with Gasteiger partial charge in [0.15, 0.2) is 0 Å². The monoisotopic (exact) mass is 175 g/mol. The van der Waals surface area contributed by atoms with E-state index in [0.29, 0.717) is 0 Å². The van der Waals surface area contributed by atoms with E-state index in [1.807, 2.05) is 19.2 Å². The molecular weight excluding hydrogens is 165 g/mol. The van der Waals surface area contributed by atoms with Crippen LogP contribution in [0.25, 0.3) is 11.1 Å². The first kappa shape index (κ1) is 8.05. The van der Waals surface area contributed by atoms with Gasteiger partial charge in [-0.05, 0) is 30.7 Å². The first-order valence-corrected chi connectivity index (χ1v) is 4.17. The van der Waals surface area contributed by atoms with Gasteiger partial charge in [-0.25, -0.2) is 4.39 Å². The van der Waals surface area contributed by atoms with Gasteiger partial charge in [-0.3, -0.25) is 0 Å². The molecule has 0 saturated carbocycles. The van der Waals surface area contributed by atoms with E-state index in [2.05, 4.69) is 4.98 Å². The van der Waals surface area contributed by atoms with Crippen molar-refractivity contribution < 1.29 is 4.39 Å². The number of aromatic nitrogens is 1. The normalized spacial score (nSPS) is 10.3. The Kier molecular flexibility index (Phi) is 1.89. The van der Waals surface area contributed by atoms with E-state index in [4.69, 9.17) is 0 Å². The van der Waals surface area contributed by atoms with Crippen LogP contribution >= 0.6 is 0 Å². The SMILES string of the molecule is Cc1[nH]ccc1-c1ccc(F)cc1. The number of aryl methyl sites for hydroxylation is 1. The summed E-state index contributed by atoms with van der Waals surface area (Å²) >= 11 is 0. The van der Waals surface area contributed by atoms with Crippen molar-refractivity contribution in [3.63, 3.8) is 0 Å². The molecule has 0 radical (unpaired) electrons. The van der Waals surface area contributed by atoms with Gasteiger partial charge in [0.25, 0.3) is 0 Å². The second kappa shape index (κ2) is 3.05. The lowest BCUT2D eigenvalue weighted by molar-refractivity contribution is 0.628. The number of hydrogen-bond donors (Lipinski definition) is 1. The van der Waals surface area contributed by atoms with Crippen LogP contribution in [0.2, 0.25) is 0 Å². The minimum absolute atomic E-state index is 0.197. The molecule has 1 nitrogen and oxygen atoms in total. The maximum Gasteiger partial charge on any atom is 0.123 e. The molecule has 0 fully saturated rings. The Labute approximate surface area is 76.2 Å². The number of benzene rings is 1. The molecule has 66 valence electrons. The van der Waals surface area contributed by atoms with E-state index >= 15 is 0 Å². The molecule has 13 heavy (non-hydrogen) atoms. The van der Waals surface area contributed by atoms with Crippen molar-refractivity contribution in [3.05, 3.63) is 48.0 Å². The highest BCUT2D eigenvalue weighted by Gasteiger charge is 2.01. The quantitative estimate of drug-likeness (QED) is 0.685. The lowest BCUT2D eigenvalue weighted by atomic mass is 10.1. The minimum Gasteiger partial charge on any atom is -0.365 e. The van der Waals surface area contributed by atoms with Gasteiger partial charge in [0.05, 0.1) is 0 Å². The molecule has 0 amide bonds. The van der Waals surface area contributed by atoms with Gasteiger partial charge in [-0.1, -0.05) is 12.1 Å². The zero-order chi connectivity index (χ0) is 9.26. The fourth-order valence-corrected chi connectivity index (χ4v) is 1.39. The molecule has 0 aliphatic rings. The van der Waals surface area contributed by atoms with Crippen molar-refractivity contribution >= 4 is 0 Å². The summed E-state index contributed by atoms with van der Waals surface area (Å²) in [4.78, 5) is 3.09. The van der Waals surface area contributed by atoms with E-state index in [1.165, 1.54) is 12.1 Å². The van der Waals surface area contributed by atoms with E-state index in [-0.39, 0.29) is 5.82 Å². The van der Waals surface area contributed by atoms with Crippen molar-refractivity contribution in [3.8, 4) is 11.1 Å². The van der Waals surface area contributed by atoms with Crippen molar-refractivity contribution in [2.45, 2.75) is 6.92 Å². The summed E-state index contributed by atoms with van der Waals surface area (Å²) in [6, 6.07) is 8.50. The molecule has 1 N–H and O–H groups in total. The third kappa shape index (κ3) is 1.47. The predicted octanol–water partition coefficient (Wildman–Crippen LogP) is 3.13. The number of rotatable bonds is 1. The van der Waals surface area contributed by atoms with Crippen molar-refractivity contribution in [2.75, 3.05) is 0 Å². The summed E-state index contributed by atoms with van der Waals surface area (Å²) in [7, 11) is 0. The summed E-state index contributed by atoms with van der Waals surface area (Å²) < 4.78 is 12.6. The summed E-state index contributed by atoms with van der Waals surface area (Å²) in [5.41, 5.74) is 3.27.